The zero-order valence-corrected chi connectivity index (χ0v) is 14.7. The van der Waals surface area contributed by atoms with Gasteiger partial charge in [-0.25, -0.2) is 0 Å². The van der Waals surface area contributed by atoms with Gasteiger partial charge in [0.25, 0.3) is 5.91 Å². The number of amides is 1. The number of pyridine rings is 1. The maximum Gasteiger partial charge on any atom is 0.290 e. The van der Waals surface area contributed by atoms with Crippen LogP contribution in [0, 0.1) is 13.8 Å². The Morgan fingerprint density at radius 2 is 2.12 bits per heavy atom. The summed E-state index contributed by atoms with van der Waals surface area (Å²) in [4.78, 5) is 19.5. The minimum atomic E-state index is -0.0140. The van der Waals surface area contributed by atoms with Crippen LogP contribution in [0.3, 0.4) is 0 Å². The third kappa shape index (κ3) is 2.82. The molecule has 1 fully saturated rings. The predicted octanol–water partition coefficient (Wildman–Crippen LogP) is 4.81. The monoisotopic (exact) mass is 334 g/mol. The van der Waals surface area contributed by atoms with E-state index in [0.29, 0.717) is 5.76 Å². The Balaban J connectivity index is 1.72. The van der Waals surface area contributed by atoms with E-state index in [1.54, 1.807) is 6.20 Å². The lowest BCUT2D eigenvalue weighted by Gasteiger charge is -2.35. The van der Waals surface area contributed by atoms with E-state index in [2.05, 4.69) is 17.1 Å². The molecule has 1 saturated heterocycles. The number of carbonyl (C=O) groups is 1. The van der Waals surface area contributed by atoms with Gasteiger partial charge in [-0.1, -0.05) is 18.2 Å². The van der Waals surface area contributed by atoms with Gasteiger partial charge < -0.3 is 9.32 Å². The van der Waals surface area contributed by atoms with Crippen LogP contribution < -0.4 is 0 Å². The van der Waals surface area contributed by atoms with Crippen LogP contribution in [0.1, 0.15) is 52.5 Å². The van der Waals surface area contributed by atoms with Gasteiger partial charge in [-0.2, -0.15) is 0 Å². The highest BCUT2D eigenvalue weighted by Crippen LogP contribution is 2.34. The summed E-state index contributed by atoms with van der Waals surface area (Å²) >= 11 is 0. The number of furan rings is 1. The number of carbonyl (C=O) groups excluding carboxylic acids is 1. The second-order valence-electron chi connectivity index (χ2n) is 6.85. The van der Waals surface area contributed by atoms with Crippen LogP contribution in [0.2, 0.25) is 0 Å². The number of fused-ring (bicyclic) bond motifs is 1. The minimum Gasteiger partial charge on any atom is -0.451 e. The second-order valence-corrected chi connectivity index (χ2v) is 6.85. The molecule has 0 N–H and O–H groups in total. The fourth-order valence-corrected chi connectivity index (χ4v) is 3.76. The summed E-state index contributed by atoms with van der Waals surface area (Å²) in [5, 5.41) is 1.02. The lowest BCUT2D eigenvalue weighted by Crippen LogP contribution is -2.38. The van der Waals surface area contributed by atoms with Gasteiger partial charge in [-0.15, -0.1) is 0 Å². The van der Waals surface area contributed by atoms with Gasteiger partial charge in [-0.3, -0.25) is 9.78 Å². The van der Waals surface area contributed by atoms with E-state index in [9.17, 15) is 4.79 Å². The van der Waals surface area contributed by atoms with E-state index in [1.807, 2.05) is 43.1 Å². The molecule has 1 aliphatic rings. The van der Waals surface area contributed by atoms with Crippen molar-refractivity contribution < 1.29 is 9.21 Å². The summed E-state index contributed by atoms with van der Waals surface area (Å²) in [7, 11) is 0. The lowest BCUT2D eigenvalue weighted by atomic mass is 9.96. The summed E-state index contributed by atoms with van der Waals surface area (Å²) in [5.74, 6) is 0.455. The maximum atomic E-state index is 13.3. The van der Waals surface area contributed by atoms with E-state index < -0.39 is 0 Å². The molecule has 0 spiro atoms. The van der Waals surface area contributed by atoms with Crippen molar-refractivity contribution in [2.24, 2.45) is 0 Å². The Bertz CT molecular complexity index is 914. The van der Waals surface area contributed by atoms with Crippen molar-refractivity contribution in [3.05, 3.63) is 65.2 Å². The molecular formula is C21H22N2O2. The number of likely N-dealkylation sites (tertiary alicyclic amines) is 1. The van der Waals surface area contributed by atoms with Crippen molar-refractivity contribution in [2.75, 3.05) is 6.54 Å². The molecule has 128 valence electrons. The molecule has 1 atom stereocenters. The summed E-state index contributed by atoms with van der Waals surface area (Å²) in [6.07, 6.45) is 6.76. The third-order valence-corrected chi connectivity index (χ3v) is 5.12. The van der Waals surface area contributed by atoms with Crippen molar-refractivity contribution in [2.45, 2.75) is 39.2 Å². The molecule has 1 amide bonds. The average Bonchev–Trinajstić information content (AvgIpc) is 2.97. The molecule has 3 heterocycles. The number of rotatable bonds is 2. The van der Waals surface area contributed by atoms with Gasteiger partial charge in [-0.05, 0) is 56.4 Å². The van der Waals surface area contributed by atoms with Crippen LogP contribution in [0.15, 0.2) is 47.1 Å². The number of piperidine rings is 1. The molecular weight excluding hydrogens is 312 g/mol. The van der Waals surface area contributed by atoms with Gasteiger partial charge in [0.2, 0.25) is 0 Å². The molecule has 1 aliphatic heterocycles. The van der Waals surface area contributed by atoms with E-state index >= 15 is 0 Å². The highest BCUT2D eigenvalue weighted by Gasteiger charge is 2.31. The van der Waals surface area contributed by atoms with E-state index in [1.165, 1.54) is 0 Å². The molecule has 25 heavy (non-hydrogen) atoms. The van der Waals surface area contributed by atoms with Crippen molar-refractivity contribution in [3.8, 4) is 0 Å². The van der Waals surface area contributed by atoms with E-state index in [4.69, 9.17) is 4.42 Å². The molecule has 0 bridgehead atoms. The van der Waals surface area contributed by atoms with Crippen molar-refractivity contribution in [1.82, 2.24) is 9.88 Å². The molecule has 0 saturated carbocycles. The molecule has 0 aliphatic carbocycles. The van der Waals surface area contributed by atoms with Crippen LogP contribution >= 0.6 is 0 Å². The van der Waals surface area contributed by atoms with Gasteiger partial charge >= 0.3 is 0 Å². The fourth-order valence-electron chi connectivity index (χ4n) is 3.76. The third-order valence-electron chi connectivity index (χ3n) is 5.12. The summed E-state index contributed by atoms with van der Waals surface area (Å²) in [6, 6.07) is 10.1. The lowest BCUT2D eigenvalue weighted by molar-refractivity contribution is 0.0580. The number of nitrogens with zero attached hydrogens (tertiary/aromatic N) is 2. The first kappa shape index (κ1) is 15.9. The van der Waals surface area contributed by atoms with Crippen LogP contribution in [0.25, 0.3) is 11.0 Å². The molecule has 0 radical (unpaired) electrons. The second kappa shape index (κ2) is 6.36. The summed E-state index contributed by atoms with van der Waals surface area (Å²) in [5.41, 5.74) is 3.94. The van der Waals surface area contributed by atoms with Crippen LogP contribution in [0.4, 0.5) is 0 Å². The Kier molecular flexibility index (Phi) is 4.04. The van der Waals surface area contributed by atoms with Gasteiger partial charge in [0.1, 0.15) is 5.58 Å². The smallest absolute Gasteiger partial charge is 0.290 e. The van der Waals surface area contributed by atoms with Gasteiger partial charge in [0.15, 0.2) is 5.76 Å². The van der Waals surface area contributed by atoms with Crippen molar-refractivity contribution in [1.29, 1.82) is 0 Å². The molecule has 4 rings (SSSR count). The standard InChI is InChI=1S/C21H22N2O2/c1-14-8-9-17-15(2)20(25-19(17)12-14)21(24)23-11-4-3-7-18(23)16-6-5-10-22-13-16/h5-6,8-10,12-13,18H,3-4,7,11H2,1-2H3/t18-/m1/s1. The number of benzene rings is 1. The topological polar surface area (TPSA) is 46.3 Å². The number of hydrogen-bond acceptors (Lipinski definition) is 3. The molecule has 2 aromatic heterocycles. The largest absolute Gasteiger partial charge is 0.451 e. The summed E-state index contributed by atoms with van der Waals surface area (Å²) in [6.45, 7) is 4.76. The fraction of sp³-hybridized carbons (Fsp3) is 0.333. The normalized spacial score (nSPS) is 17.8. The first-order valence-corrected chi connectivity index (χ1v) is 8.86. The minimum absolute atomic E-state index is 0.0140. The molecule has 0 unspecified atom stereocenters. The van der Waals surface area contributed by atoms with E-state index in [0.717, 1.165) is 53.5 Å². The van der Waals surface area contributed by atoms with Crippen molar-refractivity contribution in [3.63, 3.8) is 0 Å². The Hall–Kier alpha value is -2.62. The first-order chi connectivity index (χ1) is 12.1. The van der Waals surface area contributed by atoms with Crippen LogP contribution in [-0.2, 0) is 0 Å². The highest BCUT2D eigenvalue weighted by molar-refractivity contribution is 5.99. The van der Waals surface area contributed by atoms with Gasteiger partial charge in [0.05, 0.1) is 6.04 Å². The predicted molar refractivity (Wildman–Crippen MR) is 97.6 cm³/mol. The SMILES string of the molecule is Cc1ccc2c(C)c(C(=O)N3CCCC[C@@H]3c3cccnc3)oc2c1. The van der Waals surface area contributed by atoms with Crippen LogP contribution in [-0.4, -0.2) is 22.3 Å². The Labute approximate surface area is 147 Å². The zero-order chi connectivity index (χ0) is 17.4. The molecule has 3 aromatic rings. The Morgan fingerprint density at radius 3 is 2.92 bits per heavy atom. The number of aryl methyl sites for hydroxylation is 2. The molecule has 1 aromatic carbocycles. The number of hydrogen-bond donors (Lipinski definition) is 0. The van der Waals surface area contributed by atoms with E-state index in [-0.39, 0.29) is 11.9 Å². The number of aromatic nitrogens is 1. The van der Waals surface area contributed by atoms with Crippen molar-refractivity contribution >= 4 is 16.9 Å². The quantitative estimate of drug-likeness (QED) is 0.675. The zero-order valence-electron chi connectivity index (χ0n) is 14.7. The first-order valence-electron chi connectivity index (χ1n) is 8.86. The highest BCUT2D eigenvalue weighted by atomic mass is 16.3. The molecule has 4 nitrogen and oxygen atoms in total. The Morgan fingerprint density at radius 1 is 1.24 bits per heavy atom. The average molecular weight is 334 g/mol. The molecule has 4 heteroatoms. The summed E-state index contributed by atoms with van der Waals surface area (Å²) < 4.78 is 5.97. The van der Waals surface area contributed by atoms with Crippen LogP contribution in [0.5, 0.6) is 0 Å². The maximum absolute atomic E-state index is 13.3. The van der Waals surface area contributed by atoms with Gasteiger partial charge in [0, 0.05) is 29.9 Å².